The number of ether oxygens (including phenoxy) is 2. The van der Waals surface area contributed by atoms with Crippen LogP contribution in [0.1, 0.15) is 5.56 Å². The highest BCUT2D eigenvalue weighted by Crippen LogP contribution is 2.28. The smallest absolute Gasteiger partial charge is 0.248 e. The molecule has 114 valence electrons. The third-order valence-corrected chi connectivity index (χ3v) is 3.30. The van der Waals surface area contributed by atoms with Gasteiger partial charge >= 0.3 is 0 Å². The summed E-state index contributed by atoms with van der Waals surface area (Å²) < 4.78 is 10.4. The third-order valence-electron chi connectivity index (χ3n) is 2.97. The molecule has 0 aliphatic rings. The van der Waals surface area contributed by atoms with E-state index in [0.717, 1.165) is 5.56 Å². The Labute approximate surface area is 134 Å². The van der Waals surface area contributed by atoms with E-state index in [4.69, 9.17) is 21.1 Å². The van der Waals surface area contributed by atoms with E-state index in [1.807, 2.05) is 6.07 Å². The topological polar surface area (TPSA) is 47.6 Å². The van der Waals surface area contributed by atoms with Crippen molar-refractivity contribution in [2.75, 3.05) is 19.5 Å². The number of carbonyl (C=O) groups excluding carboxylic acids is 1. The van der Waals surface area contributed by atoms with E-state index in [1.54, 1.807) is 56.7 Å². The van der Waals surface area contributed by atoms with Gasteiger partial charge in [-0.25, -0.2) is 0 Å². The Bertz CT molecular complexity index is 698. The van der Waals surface area contributed by atoms with Crippen LogP contribution in [-0.4, -0.2) is 20.1 Å². The maximum Gasteiger partial charge on any atom is 0.248 e. The minimum Gasteiger partial charge on any atom is -0.493 e. The Morgan fingerprint density at radius 1 is 1.09 bits per heavy atom. The Morgan fingerprint density at radius 2 is 1.82 bits per heavy atom. The highest BCUT2D eigenvalue weighted by molar-refractivity contribution is 6.33. The number of hydrogen-bond donors (Lipinski definition) is 1. The summed E-state index contributed by atoms with van der Waals surface area (Å²) in [5, 5.41) is 3.21. The van der Waals surface area contributed by atoms with Crippen LogP contribution < -0.4 is 14.8 Å². The van der Waals surface area contributed by atoms with Gasteiger partial charge in [0.25, 0.3) is 0 Å². The molecule has 1 N–H and O–H groups in total. The van der Waals surface area contributed by atoms with Crippen molar-refractivity contribution in [2.45, 2.75) is 0 Å². The lowest BCUT2D eigenvalue weighted by atomic mass is 10.2. The molecular formula is C17H16ClNO3. The lowest BCUT2D eigenvalue weighted by Gasteiger charge is -2.07. The molecule has 2 aromatic carbocycles. The van der Waals surface area contributed by atoms with Gasteiger partial charge in [0.1, 0.15) is 0 Å². The number of benzene rings is 2. The van der Waals surface area contributed by atoms with E-state index in [9.17, 15) is 4.79 Å². The molecule has 0 aliphatic carbocycles. The van der Waals surface area contributed by atoms with Crippen molar-refractivity contribution >= 4 is 29.3 Å². The molecule has 4 nitrogen and oxygen atoms in total. The Balaban J connectivity index is 2.08. The second-order valence-electron chi connectivity index (χ2n) is 4.42. The standard InChI is InChI=1S/C17H16ClNO3/c1-21-15-9-7-12(11-16(15)22-2)8-10-17(20)19-14-6-4-3-5-13(14)18/h3-11H,1-2H3,(H,19,20). The van der Waals surface area contributed by atoms with Gasteiger partial charge in [-0.2, -0.15) is 0 Å². The SMILES string of the molecule is COc1ccc(C=CC(=O)Nc2ccccc2Cl)cc1OC. The van der Waals surface area contributed by atoms with E-state index in [1.165, 1.54) is 6.08 Å². The van der Waals surface area contributed by atoms with Gasteiger partial charge in [0.2, 0.25) is 5.91 Å². The van der Waals surface area contributed by atoms with E-state index in [0.29, 0.717) is 22.2 Å². The molecule has 0 unspecified atom stereocenters. The Hall–Kier alpha value is -2.46. The summed E-state index contributed by atoms with van der Waals surface area (Å²) in [5.74, 6) is 0.985. The monoisotopic (exact) mass is 317 g/mol. The summed E-state index contributed by atoms with van der Waals surface area (Å²) in [5.41, 5.74) is 1.40. The number of hydrogen-bond acceptors (Lipinski definition) is 3. The van der Waals surface area contributed by atoms with Crippen LogP contribution in [-0.2, 0) is 4.79 Å². The summed E-state index contributed by atoms with van der Waals surface area (Å²) in [7, 11) is 3.14. The summed E-state index contributed by atoms with van der Waals surface area (Å²) >= 11 is 5.99. The van der Waals surface area contributed by atoms with Crippen LogP contribution in [0.25, 0.3) is 6.08 Å². The van der Waals surface area contributed by atoms with E-state index >= 15 is 0 Å². The summed E-state index contributed by atoms with van der Waals surface area (Å²) in [6.45, 7) is 0. The third kappa shape index (κ3) is 4.02. The highest BCUT2D eigenvalue weighted by Gasteiger charge is 2.04. The largest absolute Gasteiger partial charge is 0.493 e. The van der Waals surface area contributed by atoms with E-state index in [-0.39, 0.29) is 5.91 Å². The fraction of sp³-hybridized carbons (Fsp3) is 0.118. The molecule has 2 rings (SSSR count). The van der Waals surface area contributed by atoms with Crippen molar-refractivity contribution in [1.82, 2.24) is 0 Å². The van der Waals surface area contributed by atoms with Gasteiger partial charge in [-0.1, -0.05) is 29.8 Å². The van der Waals surface area contributed by atoms with Gasteiger partial charge < -0.3 is 14.8 Å². The lowest BCUT2D eigenvalue weighted by molar-refractivity contribution is -0.111. The molecule has 0 heterocycles. The van der Waals surface area contributed by atoms with Crippen LogP contribution in [0, 0.1) is 0 Å². The zero-order chi connectivity index (χ0) is 15.9. The molecule has 0 bridgehead atoms. The minimum absolute atomic E-state index is 0.261. The maximum absolute atomic E-state index is 11.9. The van der Waals surface area contributed by atoms with Crippen molar-refractivity contribution in [3.8, 4) is 11.5 Å². The summed E-state index contributed by atoms with van der Waals surface area (Å²) in [4.78, 5) is 11.9. The average molecular weight is 318 g/mol. The number of para-hydroxylation sites is 1. The second-order valence-corrected chi connectivity index (χ2v) is 4.82. The molecule has 0 aromatic heterocycles. The van der Waals surface area contributed by atoms with Crippen LogP contribution in [0.4, 0.5) is 5.69 Å². The molecule has 0 fully saturated rings. The molecule has 0 aliphatic heterocycles. The fourth-order valence-corrected chi connectivity index (χ4v) is 2.05. The molecule has 0 spiro atoms. The summed E-state index contributed by atoms with van der Waals surface area (Å²) in [6.07, 6.45) is 3.12. The molecule has 22 heavy (non-hydrogen) atoms. The van der Waals surface area contributed by atoms with Crippen molar-refractivity contribution < 1.29 is 14.3 Å². The zero-order valence-corrected chi connectivity index (χ0v) is 13.1. The molecule has 5 heteroatoms. The zero-order valence-electron chi connectivity index (χ0n) is 12.3. The van der Waals surface area contributed by atoms with Crippen LogP contribution in [0.2, 0.25) is 5.02 Å². The van der Waals surface area contributed by atoms with E-state index < -0.39 is 0 Å². The van der Waals surface area contributed by atoms with Crippen molar-refractivity contribution in [3.63, 3.8) is 0 Å². The minimum atomic E-state index is -0.261. The molecule has 1 amide bonds. The number of rotatable bonds is 5. The highest BCUT2D eigenvalue weighted by atomic mass is 35.5. The van der Waals surface area contributed by atoms with Crippen LogP contribution in [0.5, 0.6) is 11.5 Å². The first-order valence-electron chi connectivity index (χ1n) is 6.59. The van der Waals surface area contributed by atoms with E-state index in [2.05, 4.69) is 5.32 Å². The molecule has 0 radical (unpaired) electrons. The number of anilines is 1. The average Bonchev–Trinajstić information content (AvgIpc) is 2.54. The number of nitrogens with one attached hydrogen (secondary N) is 1. The quantitative estimate of drug-likeness (QED) is 0.848. The number of amides is 1. The molecule has 0 atom stereocenters. The fourth-order valence-electron chi connectivity index (χ4n) is 1.87. The predicted octanol–water partition coefficient (Wildman–Crippen LogP) is 4.01. The van der Waals surface area contributed by atoms with Crippen molar-refractivity contribution in [2.24, 2.45) is 0 Å². The van der Waals surface area contributed by atoms with Crippen LogP contribution >= 0.6 is 11.6 Å². The molecule has 0 saturated heterocycles. The first-order chi connectivity index (χ1) is 10.6. The predicted molar refractivity (Wildman–Crippen MR) is 88.7 cm³/mol. The van der Waals surface area contributed by atoms with Crippen molar-refractivity contribution in [3.05, 3.63) is 59.1 Å². The van der Waals surface area contributed by atoms with Crippen LogP contribution in [0.15, 0.2) is 48.5 Å². The van der Waals surface area contributed by atoms with Gasteiger partial charge in [-0.3, -0.25) is 4.79 Å². The lowest BCUT2D eigenvalue weighted by Crippen LogP contribution is -2.07. The number of methoxy groups -OCH3 is 2. The second kappa shape index (κ2) is 7.52. The van der Waals surface area contributed by atoms with Gasteiger partial charge in [-0.05, 0) is 35.9 Å². The van der Waals surface area contributed by atoms with Crippen molar-refractivity contribution in [1.29, 1.82) is 0 Å². The number of halogens is 1. The summed E-state index contributed by atoms with van der Waals surface area (Å²) in [6, 6.07) is 12.5. The van der Waals surface area contributed by atoms with Gasteiger partial charge in [0.15, 0.2) is 11.5 Å². The Kier molecular flexibility index (Phi) is 5.44. The maximum atomic E-state index is 11.9. The molecular weight excluding hydrogens is 302 g/mol. The molecule has 2 aromatic rings. The number of carbonyl (C=O) groups is 1. The first-order valence-corrected chi connectivity index (χ1v) is 6.97. The van der Waals surface area contributed by atoms with Crippen LogP contribution in [0.3, 0.4) is 0 Å². The first kappa shape index (κ1) is 15.9. The molecule has 0 saturated carbocycles. The van der Waals surface area contributed by atoms with Gasteiger partial charge in [0, 0.05) is 6.08 Å². The Morgan fingerprint density at radius 3 is 2.50 bits per heavy atom. The van der Waals surface area contributed by atoms with Gasteiger partial charge in [-0.15, -0.1) is 0 Å². The normalized spacial score (nSPS) is 10.5. The van der Waals surface area contributed by atoms with Gasteiger partial charge in [0.05, 0.1) is 24.9 Å².